The Bertz CT molecular complexity index is 1380. The Hall–Kier alpha value is -3.69. The lowest BCUT2D eigenvalue weighted by Crippen LogP contribution is -2.35. The van der Waals surface area contributed by atoms with Gasteiger partial charge in [-0.05, 0) is 62.4 Å². The van der Waals surface area contributed by atoms with Gasteiger partial charge in [0.15, 0.2) is 0 Å². The molecular formula is C28H31F3N4O3. The zero-order chi connectivity index (χ0) is 27.0. The number of fused-ring (bicyclic) bond motifs is 1. The number of benzene rings is 2. The predicted molar refractivity (Wildman–Crippen MR) is 141 cm³/mol. The Morgan fingerprint density at radius 3 is 2.34 bits per heavy atom. The molecule has 1 fully saturated rings. The van der Waals surface area contributed by atoms with Crippen molar-refractivity contribution in [2.45, 2.75) is 51.2 Å². The van der Waals surface area contributed by atoms with E-state index in [0.717, 1.165) is 49.5 Å². The molecule has 202 valence electrons. The fraction of sp³-hybridized carbons (Fsp3) is 0.429. The summed E-state index contributed by atoms with van der Waals surface area (Å²) in [5.74, 6) is 1.02. The lowest BCUT2D eigenvalue weighted by Gasteiger charge is -2.28. The minimum atomic E-state index is -4.67. The van der Waals surface area contributed by atoms with Crippen LogP contribution >= 0.6 is 0 Å². The van der Waals surface area contributed by atoms with Crippen LogP contribution in [0.3, 0.4) is 0 Å². The van der Waals surface area contributed by atoms with E-state index in [1.54, 1.807) is 18.2 Å². The zero-order valence-corrected chi connectivity index (χ0v) is 21.7. The fourth-order valence-electron chi connectivity index (χ4n) is 5.30. The largest absolute Gasteiger partial charge is 0.497 e. The first-order valence-electron chi connectivity index (χ1n) is 12.9. The van der Waals surface area contributed by atoms with E-state index in [0.29, 0.717) is 40.4 Å². The average Bonchev–Trinajstić information content (AvgIpc) is 3.47. The van der Waals surface area contributed by atoms with Gasteiger partial charge in [-0.2, -0.15) is 23.0 Å². The second-order valence-electron chi connectivity index (χ2n) is 9.70. The quantitative estimate of drug-likeness (QED) is 0.445. The standard InChI is InChI=1S/C28H31F3N4O3/c1-4-18-7-9-22-25(17-13-20(37-2)16-21(14-17)38-3)33-35(27(36)26(22)32-18)24-15-19(34-11-5-6-12-34)8-10-23(24)28(29,30)31/h8,10,13-16,18,32H,4-7,9,11-12H2,1-3H3. The van der Waals surface area contributed by atoms with Crippen molar-refractivity contribution in [3.8, 4) is 28.4 Å². The maximum atomic E-state index is 14.2. The van der Waals surface area contributed by atoms with Gasteiger partial charge in [0.05, 0.1) is 31.2 Å². The van der Waals surface area contributed by atoms with Gasteiger partial charge in [0.25, 0.3) is 5.56 Å². The van der Waals surface area contributed by atoms with Crippen LogP contribution in [0, 0.1) is 0 Å². The lowest BCUT2D eigenvalue weighted by molar-refractivity contribution is -0.137. The molecule has 0 radical (unpaired) electrons. The number of halogens is 3. The molecule has 1 saturated heterocycles. The summed E-state index contributed by atoms with van der Waals surface area (Å²) in [6, 6.07) is 9.20. The smallest absolute Gasteiger partial charge is 0.418 e. The van der Waals surface area contributed by atoms with Crippen molar-refractivity contribution < 1.29 is 22.6 Å². The van der Waals surface area contributed by atoms with Crippen molar-refractivity contribution in [3.63, 3.8) is 0 Å². The van der Waals surface area contributed by atoms with Crippen molar-refractivity contribution in [2.24, 2.45) is 0 Å². The van der Waals surface area contributed by atoms with E-state index >= 15 is 0 Å². The molecule has 3 aromatic rings. The van der Waals surface area contributed by atoms with E-state index in [-0.39, 0.29) is 17.4 Å². The molecule has 2 aromatic carbocycles. The number of hydrogen-bond donors (Lipinski definition) is 1. The third-order valence-electron chi connectivity index (χ3n) is 7.39. The molecule has 1 unspecified atom stereocenters. The maximum Gasteiger partial charge on any atom is 0.418 e. The van der Waals surface area contributed by atoms with Crippen LogP contribution in [0.25, 0.3) is 16.9 Å². The van der Waals surface area contributed by atoms with E-state index in [9.17, 15) is 18.0 Å². The molecule has 2 aliphatic rings. The average molecular weight is 529 g/mol. The van der Waals surface area contributed by atoms with Crippen LogP contribution in [0.4, 0.5) is 24.5 Å². The van der Waals surface area contributed by atoms with E-state index in [2.05, 4.69) is 10.4 Å². The van der Waals surface area contributed by atoms with Crippen molar-refractivity contribution in [1.82, 2.24) is 9.78 Å². The number of rotatable bonds is 6. The highest BCUT2D eigenvalue weighted by atomic mass is 19.4. The molecular weight excluding hydrogens is 497 g/mol. The molecule has 0 aliphatic carbocycles. The van der Waals surface area contributed by atoms with Crippen LogP contribution in [-0.4, -0.2) is 43.1 Å². The second kappa shape index (κ2) is 10.2. The fourth-order valence-corrected chi connectivity index (χ4v) is 5.30. The monoisotopic (exact) mass is 528 g/mol. The maximum absolute atomic E-state index is 14.2. The van der Waals surface area contributed by atoms with Crippen LogP contribution < -0.4 is 25.2 Å². The molecule has 38 heavy (non-hydrogen) atoms. The predicted octanol–water partition coefficient (Wildman–Crippen LogP) is 5.67. The van der Waals surface area contributed by atoms with Crippen molar-refractivity contribution in [2.75, 3.05) is 37.5 Å². The molecule has 1 N–H and O–H groups in total. The number of anilines is 2. The van der Waals surface area contributed by atoms with Gasteiger partial charge in [0.1, 0.15) is 17.2 Å². The Balaban J connectivity index is 1.79. The number of hydrogen-bond acceptors (Lipinski definition) is 6. The topological polar surface area (TPSA) is 68.6 Å². The first kappa shape index (κ1) is 25.9. The molecule has 0 spiro atoms. The van der Waals surface area contributed by atoms with E-state index in [1.807, 2.05) is 11.8 Å². The van der Waals surface area contributed by atoms with Crippen LogP contribution in [0.5, 0.6) is 11.5 Å². The highest BCUT2D eigenvalue weighted by molar-refractivity contribution is 5.73. The van der Waals surface area contributed by atoms with Gasteiger partial charge in [0, 0.05) is 42.0 Å². The highest BCUT2D eigenvalue weighted by Gasteiger charge is 2.36. The van der Waals surface area contributed by atoms with Gasteiger partial charge in [-0.25, -0.2) is 0 Å². The minimum Gasteiger partial charge on any atom is -0.497 e. The van der Waals surface area contributed by atoms with Crippen LogP contribution in [0.15, 0.2) is 41.2 Å². The molecule has 0 amide bonds. The Morgan fingerprint density at radius 2 is 1.74 bits per heavy atom. The molecule has 1 aromatic heterocycles. The van der Waals surface area contributed by atoms with Gasteiger partial charge in [0.2, 0.25) is 0 Å². The minimum absolute atomic E-state index is 0.0387. The van der Waals surface area contributed by atoms with Crippen molar-refractivity contribution in [1.29, 1.82) is 0 Å². The Kier molecular flexibility index (Phi) is 6.98. The van der Waals surface area contributed by atoms with Crippen molar-refractivity contribution in [3.05, 3.63) is 57.9 Å². The van der Waals surface area contributed by atoms with E-state index < -0.39 is 17.3 Å². The molecule has 7 nitrogen and oxygen atoms in total. The molecule has 0 saturated carbocycles. The zero-order valence-electron chi connectivity index (χ0n) is 21.7. The third-order valence-corrected chi connectivity index (χ3v) is 7.39. The number of nitrogens with zero attached hydrogens (tertiary/aromatic N) is 3. The summed E-state index contributed by atoms with van der Waals surface area (Å²) >= 11 is 0. The van der Waals surface area contributed by atoms with Gasteiger partial charge in [-0.3, -0.25) is 4.79 Å². The van der Waals surface area contributed by atoms with Crippen molar-refractivity contribution >= 4 is 11.4 Å². The van der Waals surface area contributed by atoms with Crippen LogP contribution in [0.2, 0.25) is 0 Å². The number of nitrogens with one attached hydrogen (secondary N) is 1. The van der Waals surface area contributed by atoms with Gasteiger partial charge >= 0.3 is 6.18 Å². The van der Waals surface area contributed by atoms with Crippen LogP contribution in [-0.2, 0) is 12.6 Å². The molecule has 1 atom stereocenters. The van der Waals surface area contributed by atoms with Crippen LogP contribution in [0.1, 0.15) is 43.7 Å². The summed E-state index contributed by atoms with van der Waals surface area (Å²) in [5, 5.41) is 7.90. The van der Waals surface area contributed by atoms with E-state index in [4.69, 9.17) is 9.47 Å². The summed E-state index contributed by atoms with van der Waals surface area (Å²) in [7, 11) is 3.05. The first-order valence-corrected chi connectivity index (χ1v) is 12.9. The number of alkyl halides is 3. The molecule has 5 rings (SSSR count). The molecule has 3 heterocycles. The summed E-state index contributed by atoms with van der Waals surface area (Å²) in [4.78, 5) is 15.9. The van der Waals surface area contributed by atoms with Gasteiger partial charge < -0.3 is 19.7 Å². The molecule has 10 heteroatoms. The number of ether oxygens (including phenoxy) is 2. The third kappa shape index (κ3) is 4.79. The Morgan fingerprint density at radius 1 is 1.05 bits per heavy atom. The van der Waals surface area contributed by atoms with E-state index in [1.165, 1.54) is 26.4 Å². The first-order chi connectivity index (χ1) is 18.2. The second-order valence-corrected chi connectivity index (χ2v) is 9.70. The van der Waals surface area contributed by atoms with Gasteiger partial charge in [-0.15, -0.1) is 0 Å². The Labute approximate surface area is 219 Å². The normalized spacial score (nSPS) is 17.2. The number of aromatic nitrogens is 2. The summed E-state index contributed by atoms with van der Waals surface area (Å²) < 4.78 is 54.5. The molecule has 2 aliphatic heterocycles. The van der Waals surface area contributed by atoms with Gasteiger partial charge in [-0.1, -0.05) is 6.92 Å². The summed E-state index contributed by atoms with van der Waals surface area (Å²) in [6.07, 6.45) is -0.606. The lowest BCUT2D eigenvalue weighted by atomic mass is 9.93. The molecule has 0 bridgehead atoms. The SMILES string of the molecule is CCC1CCc2c(-c3cc(OC)cc(OC)c3)nn(-c3cc(N4CCCC4)ccc3C(F)(F)F)c(=O)c2N1. The number of methoxy groups -OCH3 is 2. The summed E-state index contributed by atoms with van der Waals surface area (Å²) in [6.45, 7) is 3.52. The highest BCUT2D eigenvalue weighted by Crippen LogP contribution is 2.39. The summed E-state index contributed by atoms with van der Waals surface area (Å²) in [5.41, 5.74) is 0.816.